The molecule has 0 aromatic heterocycles. The minimum Gasteiger partial charge on any atom is -0.396 e. The number of alkyl halides is 9. The van der Waals surface area contributed by atoms with Gasteiger partial charge in [0, 0.05) is 6.61 Å². The summed E-state index contributed by atoms with van der Waals surface area (Å²) >= 11 is 0. The Labute approximate surface area is 209 Å². The van der Waals surface area contributed by atoms with E-state index in [2.05, 4.69) is 0 Å². The maximum atomic E-state index is 13.3. The van der Waals surface area contributed by atoms with Gasteiger partial charge in [-0.2, -0.15) is 39.5 Å². The molecule has 0 aliphatic rings. The molecule has 0 aliphatic heterocycles. The van der Waals surface area contributed by atoms with Crippen molar-refractivity contribution in [3.63, 3.8) is 0 Å². The zero-order valence-corrected chi connectivity index (χ0v) is 21.1. The largest absolute Gasteiger partial charge is 0.460 e. The van der Waals surface area contributed by atoms with E-state index < -0.39 is 30.0 Å². The molecule has 0 spiro atoms. The third-order valence-electron chi connectivity index (χ3n) is 6.28. The molecule has 0 radical (unpaired) electrons. The number of allylic oxidation sites excluding steroid dienone is 2. The van der Waals surface area contributed by atoms with Crippen molar-refractivity contribution in [2.24, 2.45) is 0 Å². The first-order chi connectivity index (χ1) is 16.8. The molecule has 1 N–H and O–H groups in total. The highest BCUT2D eigenvalue weighted by molar-refractivity contribution is 5.10. The maximum absolute atomic E-state index is 13.3. The number of hydrogen-bond acceptors (Lipinski definition) is 1. The van der Waals surface area contributed by atoms with Crippen LogP contribution in [0.4, 0.5) is 39.5 Å². The molecule has 0 heterocycles. The van der Waals surface area contributed by atoms with Gasteiger partial charge in [-0.25, -0.2) is 0 Å². The molecular formula is C26H43F9O. The van der Waals surface area contributed by atoms with Crippen LogP contribution in [0.3, 0.4) is 0 Å². The molecule has 0 amide bonds. The smallest absolute Gasteiger partial charge is 0.396 e. The van der Waals surface area contributed by atoms with Crippen molar-refractivity contribution < 1.29 is 44.6 Å². The number of aliphatic hydroxyl groups excluding tert-OH is 1. The molecule has 0 unspecified atom stereocenters. The van der Waals surface area contributed by atoms with E-state index in [9.17, 15) is 39.5 Å². The predicted octanol–water partition coefficient (Wildman–Crippen LogP) is 10.4. The second kappa shape index (κ2) is 18.3. The third kappa shape index (κ3) is 13.6. The zero-order chi connectivity index (χ0) is 27.6. The fourth-order valence-electron chi connectivity index (χ4n) is 3.93. The first kappa shape index (κ1) is 35.1. The molecule has 0 aliphatic carbocycles. The molecule has 1 nitrogen and oxygen atoms in total. The summed E-state index contributed by atoms with van der Waals surface area (Å²) in [4.78, 5) is 0. The summed E-state index contributed by atoms with van der Waals surface area (Å²) < 4.78 is 115. The van der Waals surface area contributed by atoms with Crippen LogP contribution in [0, 0.1) is 0 Å². The SMILES string of the molecule is OCCCCCCCCCCCCCCCCCCCCC=CC(F)(F)C(F)(F)C(F)(F)C(F)(F)F. The predicted molar refractivity (Wildman–Crippen MR) is 125 cm³/mol. The Morgan fingerprint density at radius 2 is 0.722 bits per heavy atom. The van der Waals surface area contributed by atoms with Crippen LogP contribution in [0.2, 0.25) is 0 Å². The monoisotopic (exact) mass is 542 g/mol. The Balaban J connectivity index is 3.68. The summed E-state index contributed by atoms with van der Waals surface area (Å²) in [7, 11) is 0. The second-order valence-electron chi connectivity index (χ2n) is 9.55. The number of aliphatic hydroxyl groups is 1. The molecule has 216 valence electrons. The molecule has 0 bridgehead atoms. The second-order valence-corrected chi connectivity index (χ2v) is 9.55. The highest BCUT2D eigenvalue weighted by atomic mass is 19.4. The van der Waals surface area contributed by atoms with Crippen molar-refractivity contribution in [2.75, 3.05) is 6.61 Å². The standard InChI is InChI=1S/C26H43F9O/c27-23(28,24(29,30)25(31,32)26(33,34)35)21-19-17-15-13-11-9-7-5-3-1-2-4-6-8-10-12-14-16-18-20-22-36/h19,21,36H,1-18,20,22H2. The van der Waals surface area contributed by atoms with Gasteiger partial charge >= 0.3 is 23.9 Å². The molecule has 0 rings (SSSR count). The summed E-state index contributed by atoms with van der Waals surface area (Å²) in [6.07, 6.45) is 12.3. The van der Waals surface area contributed by atoms with E-state index in [4.69, 9.17) is 5.11 Å². The van der Waals surface area contributed by atoms with Crippen molar-refractivity contribution in [1.82, 2.24) is 0 Å². The van der Waals surface area contributed by atoms with Gasteiger partial charge in [-0.3, -0.25) is 0 Å². The third-order valence-corrected chi connectivity index (χ3v) is 6.28. The van der Waals surface area contributed by atoms with Gasteiger partial charge in [-0.1, -0.05) is 109 Å². The van der Waals surface area contributed by atoms with E-state index in [0.29, 0.717) is 18.9 Å². The average molecular weight is 543 g/mol. The number of hydrogen-bond donors (Lipinski definition) is 1. The molecule has 0 atom stereocenters. The Morgan fingerprint density at radius 3 is 1.03 bits per heavy atom. The molecule has 0 aromatic rings. The molecule has 0 fully saturated rings. The van der Waals surface area contributed by atoms with Gasteiger partial charge in [0.15, 0.2) is 0 Å². The van der Waals surface area contributed by atoms with Crippen LogP contribution in [-0.4, -0.2) is 35.7 Å². The fourth-order valence-corrected chi connectivity index (χ4v) is 3.93. The lowest BCUT2D eigenvalue weighted by Crippen LogP contribution is -2.60. The van der Waals surface area contributed by atoms with Crippen molar-refractivity contribution in [3.05, 3.63) is 12.2 Å². The van der Waals surface area contributed by atoms with Crippen LogP contribution >= 0.6 is 0 Å². The Hall–Kier alpha value is -0.930. The fraction of sp³-hybridized carbons (Fsp3) is 0.923. The van der Waals surface area contributed by atoms with Gasteiger partial charge in [0.25, 0.3) is 0 Å². The summed E-state index contributed by atoms with van der Waals surface area (Å²) in [6.45, 7) is 0.285. The van der Waals surface area contributed by atoms with Gasteiger partial charge < -0.3 is 5.11 Å². The summed E-state index contributed by atoms with van der Waals surface area (Å²) in [6, 6.07) is 0. The number of halogens is 9. The van der Waals surface area contributed by atoms with E-state index in [1.54, 1.807) is 0 Å². The minimum atomic E-state index is -6.84. The highest BCUT2D eigenvalue weighted by Gasteiger charge is 2.81. The topological polar surface area (TPSA) is 20.2 Å². The maximum Gasteiger partial charge on any atom is 0.460 e. The Kier molecular flexibility index (Phi) is 17.9. The van der Waals surface area contributed by atoms with E-state index in [1.165, 1.54) is 57.8 Å². The molecular weight excluding hydrogens is 499 g/mol. The van der Waals surface area contributed by atoms with Crippen LogP contribution in [0.25, 0.3) is 0 Å². The lowest BCUT2D eigenvalue weighted by atomic mass is 10.0. The summed E-state index contributed by atoms with van der Waals surface area (Å²) in [5.74, 6) is -19.0. The van der Waals surface area contributed by atoms with Gasteiger partial charge in [-0.15, -0.1) is 0 Å². The van der Waals surface area contributed by atoms with E-state index in [0.717, 1.165) is 44.9 Å². The van der Waals surface area contributed by atoms with Crippen LogP contribution in [-0.2, 0) is 0 Å². The Morgan fingerprint density at radius 1 is 0.417 bits per heavy atom. The van der Waals surface area contributed by atoms with Gasteiger partial charge in [0.2, 0.25) is 0 Å². The van der Waals surface area contributed by atoms with Crippen LogP contribution in [0.5, 0.6) is 0 Å². The first-order valence-corrected chi connectivity index (χ1v) is 13.3. The van der Waals surface area contributed by atoms with E-state index in [1.807, 2.05) is 0 Å². The summed E-state index contributed by atoms with van der Waals surface area (Å²) in [5.41, 5.74) is 0. The molecule has 0 saturated carbocycles. The van der Waals surface area contributed by atoms with Crippen LogP contribution in [0.1, 0.15) is 122 Å². The molecule has 10 heteroatoms. The number of unbranched alkanes of at least 4 members (excludes halogenated alkanes) is 18. The van der Waals surface area contributed by atoms with Gasteiger partial charge in [0.05, 0.1) is 0 Å². The quantitative estimate of drug-likeness (QED) is 0.0774. The lowest BCUT2D eigenvalue weighted by molar-refractivity contribution is -0.388. The van der Waals surface area contributed by atoms with Gasteiger partial charge in [0.1, 0.15) is 0 Å². The van der Waals surface area contributed by atoms with Crippen molar-refractivity contribution in [3.8, 4) is 0 Å². The summed E-state index contributed by atoms with van der Waals surface area (Å²) in [5, 5.41) is 8.71. The van der Waals surface area contributed by atoms with Crippen molar-refractivity contribution in [1.29, 1.82) is 0 Å². The number of rotatable bonds is 23. The molecule has 36 heavy (non-hydrogen) atoms. The lowest BCUT2D eigenvalue weighted by Gasteiger charge is -2.32. The normalized spacial score (nSPS) is 13.7. The van der Waals surface area contributed by atoms with Gasteiger partial charge in [-0.05, 0) is 25.3 Å². The molecule has 0 aromatic carbocycles. The van der Waals surface area contributed by atoms with Crippen molar-refractivity contribution in [2.45, 2.75) is 146 Å². The minimum absolute atomic E-state index is 0.104. The first-order valence-electron chi connectivity index (χ1n) is 13.3. The highest BCUT2D eigenvalue weighted by Crippen LogP contribution is 2.53. The Bertz CT molecular complexity index is 560. The van der Waals surface area contributed by atoms with Crippen LogP contribution in [0.15, 0.2) is 12.2 Å². The van der Waals surface area contributed by atoms with Crippen molar-refractivity contribution >= 4 is 0 Å². The van der Waals surface area contributed by atoms with E-state index in [-0.39, 0.29) is 13.0 Å². The van der Waals surface area contributed by atoms with Crippen LogP contribution < -0.4 is 0 Å². The average Bonchev–Trinajstić information content (AvgIpc) is 2.79. The zero-order valence-electron chi connectivity index (χ0n) is 21.1. The van der Waals surface area contributed by atoms with E-state index >= 15 is 0 Å². The molecule has 0 saturated heterocycles.